The molecule has 2 aliphatic rings. The Labute approximate surface area is 124 Å². The lowest BCUT2D eigenvalue weighted by Crippen LogP contribution is -2.24. The van der Waals surface area contributed by atoms with Gasteiger partial charge in [-0.2, -0.15) is 0 Å². The fraction of sp³-hybridized carbons (Fsp3) is 0.889. The van der Waals surface area contributed by atoms with Gasteiger partial charge < -0.3 is 10.2 Å². The van der Waals surface area contributed by atoms with Gasteiger partial charge in [-0.05, 0) is 76.0 Å². The Morgan fingerprint density at radius 2 is 0.950 bits per heavy atom. The Morgan fingerprint density at radius 1 is 0.650 bits per heavy atom. The molecule has 0 bridgehead atoms. The molecule has 2 nitrogen and oxygen atoms in total. The van der Waals surface area contributed by atoms with E-state index in [1.165, 1.54) is 38.5 Å². The highest BCUT2D eigenvalue weighted by molar-refractivity contribution is 5.21. The number of aliphatic hydroxyl groups excluding tert-OH is 2. The number of allylic oxidation sites excluding steroid dienone is 2. The van der Waals surface area contributed by atoms with Crippen molar-refractivity contribution in [2.45, 2.75) is 90.3 Å². The van der Waals surface area contributed by atoms with Crippen molar-refractivity contribution in [1.82, 2.24) is 0 Å². The lowest BCUT2D eigenvalue weighted by atomic mass is 9.73. The van der Waals surface area contributed by atoms with Crippen LogP contribution in [0.4, 0.5) is 0 Å². The molecule has 2 N–H and O–H groups in total. The molecular formula is C18H32O2. The molecule has 0 unspecified atom stereocenters. The summed E-state index contributed by atoms with van der Waals surface area (Å²) in [5.41, 5.74) is 3.39. The van der Waals surface area contributed by atoms with Gasteiger partial charge in [0.25, 0.3) is 0 Å². The highest BCUT2D eigenvalue weighted by Crippen LogP contribution is 2.40. The summed E-state index contributed by atoms with van der Waals surface area (Å²) in [6.07, 6.45) is 10.8. The zero-order valence-corrected chi connectivity index (χ0v) is 13.3. The fourth-order valence-corrected chi connectivity index (χ4v) is 4.40. The third-order valence-electron chi connectivity index (χ3n) is 5.55. The first kappa shape index (κ1) is 16.0. The van der Waals surface area contributed by atoms with Crippen LogP contribution in [0.15, 0.2) is 11.1 Å². The topological polar surface area (TPSA) is 40.5 Å². The van der Waals surface area contributed by atoms with Crippen LogP contribution in [0.3, 0.4) is 0 Å². The Balaban J connectivity index is 2.10. The Kier molecular flexibility index (Phi) is 6.10. The van der Waals surface area contributed by atoms with Crippen molar-refractivity contribution < 1.29 is 10.2 Å². The van der Waals surface area contributed by atoms with Crippen LogP contribution in [-0.4, -0.2) is 22.4 Å². The van der Waals surface area contributed by atoms with E-state index in [2.05, 4.69) is 13.8 Å². The Bertz CT molecular complexity index is 286. The van der Waals surface area contributed by atoms with Crippen molar-refractivity contribution >= 4 is 0 Å². The number of hydrogen-bond donors (Lipinski definition) is 2. The molecule has 0 aromatic heterocycles. The molecule has 0 aromatic carbocycles. The molecule has 2 rings (SSSR count). The van der Waals surface area contributed by atoms with Gasteiger partial charge in [0.05, 0.1) is 12.2 Å². The lowest BCUT2D eigenvalue weighted by molar-refractivity contribution is 0.110. The van der Waals surface area contributed by atoms with Gasteiger partial charge in [-0.15, -0.1) is 0 Å². The third-order valence-corrected chi connectivity index (χ3v) is 5.55. The molecule has 2 saturated carbocycles. The van der Waals surface area contributed by atoms with Gasteiger partial charge in [0.15, 0.2) is 0 Å². The SMILES string of the molecule is CC/C(=C(/CC)C1CCC(O)CC1)C1CCC(O)CC1. The third kappa shape index (κ3) is 3.85. The summed E-state index contributed by atoms with van der Waals surface area (Å²) >= 11 is 0. The van der Waals surface area contributed by atoms with Crippen molar-refractivity contribution in [3.05, 3.63) is 11.1 Å². The summed E-state index contributed by atoms with van der Waals surface area (Å²) in [5, 5.41) is 19.4. The van der Waals surface area contributed by atoms with E-state index in [4.69, 9.17) is 0 Å². The maximum atomic E-state index is 9.71. The number of rotatable bonds is 4. The van der Waals surface area contributed by atoms with Gasteiger partial charge in [0, 0.05) is 0 Å². The first-order valence-electron chi connectivity index (χ1n) is 8.73. The summed E-state index contributed by atoms with van der Waals surface area (Å²) in [6.45, 7) is 4.60. The Morgan fingerprint density at radius 3 is 1.20 bits per heavy atom. The molecule has 2 heteroatoms. The van der Waals surface area contributed by atoms with Crippen LogP contribution in [0, 0.1) is 11.8 Å². The normalized spacial score (nSPS) is 36.6. The minimum absolute atomic E-state index is 0.0562. The van der Waals surface area contributed by atoms with E-state index in [9.17, 15) is 10.2 Å². The molecule has 0 atom stereocenters. The molecule has 116 valence electrons. The van der Waals surface area contributed by atoms with Gasteiger partial charge in [0.2, 0.25) is 0 Å². The second-order valence-electron chi connectivity index (χ2n) is 6.77. The zero-order chi connectivity index (χ0) is 14.5. The minimum atomic E-state index is -0.0562. The van der Waals surface area contributed by atoms with Crippen molar-refractivity contribution in [2.24, 2.45) is 11.8 Å². The van der Waals surface area contributed by atoms with Crippen LogP contribution in [0.1, 0.15) is 78.1 Å². The van der Waals surface area contributed by atoms with E-state index in [-0.39, 0.29) is 12.2 Å². The van der Waals surface area contributed by atoms with Crippen LogP contribution in [0.25, 0.3) is 0 Å². The molecular weight excluding hydrogens is 248 g/mol. The molecule has 2 aliphatic carbocycles. The molecule has 0 aliphatic heterocycles. The van der Waals surface area contributed by atoms with Crippen LogP contribution >= 0.6 is 0 Å². The molecule has 20 heavy (non-hydrogen) atoms. The molecule has 0 heterocycles. The zero-order valence-electron chi connectivity index (χ0n) is 13.3. The first-order valence-corrected chi connectivity index (χ1v) is 8.73. The average molecular weight is 280 g/mol. The monoisotopic (exact) mass is 280 g/mol. The summed E-state index contributed by atoms with van der Waals surface area (Å²) in [4.78, 5) is 0. The number of aliphatic hydroxyl groups is 2. The second kappa shape index (κ2) is 7.61. The predicted molar refractivity (Wildman–Crippen MR) is 83.5 cm³/mol. The summed E-state index contributed by atoms with van der Waals surface area (Å²) in [7, 11) is 0. The number of hydrogen-bond acceptors (Lipinski definition) is 2. The quantitative estimate of drug-likeness (QED) is 0.757. The van der Waals surface area contributed by atoms with E-state index < -0.39 is 0 Å². The lowest BCUT2D eigenvalue weighted by Gasteiger charge is -2.34. The van der Waals surface area contributed by atoms with E-state index in [1.54, 1.807) is 11.1 Å². The van der Waals surface area contributed by atoms with Crippen molar-refractivity contribution in [3.8, 4) is 0 Å². The molecule has 0 saturated heterocycles. The molecule has 0 spiro atoms. The van der Waals surface area contributed by atoms with Crippen molar-refractivity contribution in [1.29, 1.82) is 0 Å². The minimum Gasteiger partial charge on any atom is -0.393 e. The van der Waals surface area contributed by atoms with Crippen LogP contribution in [-0.2, 0) is 0 Å². The molecule has 0 amide bonds. The average Bonchev–Trinajstić information content (AvgIpc) is 2.47. The smallest absolute Gasteiger partial charge is 0.0540 e. The highest BCUT2D eigenvalue weighted by atomic mass is 16.3. The molecule has 2 fully saturated rings. The van der Waals surface area contributed by atoms with E-state index >= 15 is 0 Å². The standard InChI is InChI=1S/C18H32O2/c1-3-17(13-5-9-15(19)10-6-13)18(4-2)14-7-11-16(20)12-8-14/h13-16,19-20H,3-12H2,1-2H3/b18-17+. The van der Waals surface area contributed by atoms with E-state index in [1.807, 2.05) is 0 Å². The summed E-state index contributed by atoms with van der Waals surface area (Å²) in [6, 6.07) is 0. The van der Waals surface area contributed by atoms with Gasteiger partial charge in [-0.25, -0.2) is 0 Å². The maximum Gasteiger partial charge on any atom is 0.0540 e. The van der Waals surface area contributed by atoms with Gasteiger partial charge in [-0.1, -0.05) is 25.0 Å². The summed E-state index contributed by atoms with van der Waals surface area (Å²) in [5.74, 6) is 1.43. The van der Waals surface area contributed by atoms with Crippen LogP contribution in [0.2, 0.25) is 0 Å². The first-order chi connectivity index (χ1) is 9.65. The van der Waals surface area contributed by atoms with Gasteiger partial charge >= 0.3 is 0 Å². The Hall–Kier alpha value is -0.340. The van der Waals surface area contributed by atoms with Gasteiger partial charge in [-0.3, -0.25) is 0 Å². The fourth-order valence-electron chi connectivity index (χ4n) is 4.40. The van der Waals surface area contributed by atoms with E-state index in [0.29, 0.717) is 11.8 Å². The summed E-state index contributed by atoms with van der Waals surface area (Å²) < 4.78 is 0. The van der Waals surface area contributed by atoms with Crippen molar-refractivity contribution in [2.75, 3.05) is 0 Å². The second-order valence-corrected chi connectivity index (χ2v) is 6.77. The highest BCUT2D eigenvalue weighted by Gasteiger charge is 2.28. The van der Waals surface area contributed by atoms with E-state index in [0.717, 1.165) is 25.7 Å². The molecule has 0 radical (unpaired) electrons. The van der Waals surface area contributed by atoms with Crippen LogP contribution < -0.4 is 0 Å². The predicted octanol–water partition coefficient (Wildman–Crippen LogP) is 4.21. The molecule has 0 aromatic rings. The van der Waals surface area contributed by atoms with Gasteiger partial charge in [0.1, 0.15) is 0 Å². The van der Waals surface area contributed by atoms with Crippen molar-refractivity contribution in [3.63, 3.8) is 0 Å². The maximum absolute atomic E-state index is 9.71. The van der Waals surface area contributed by atoms with Crippen LogP contribution in [0.5, 0.6) is 0 Å². The largest absolute Gasteiger partial charge is 0.393 e.